The molecule has 3 rings (SSSR count). The van der Waals surface area contributed by atoms with Crippen LogP contribution in [0, 0.1) is 5.92 Å². The number of esters is 1. The molecule has 9 nitrogen and oxygen atoms in total. The van der Waals surface area contributed by atoms with E-state index in [9.17, 15) is 14.7 Å². The number of hydrogen-bond acceptors (Lipinski definition) is 9. The third-order valence-electron chi connectivity index (χ3n) is 5.22. The number of carbonyl (C=O) groups is 2. The first-order chi connectivity index (χ1) is 13.7. The standard InChI is InChI=1S/C17H29N5O4S2Si/c1-21-16(18-19-20-21)27-8-5-6-17(15(25)26-7-9-29(2,3)4)11-22-13(24)12(10-23)14(22)28-17/h12,14,23H,5-11H2,1-4H3/t12-,14+,17?/m0/s1. The molecular weight excluding hydrogens is 430 g/mol. The number of aliphatic hydroxyl groups excluding tert-OH is 1. The van der Waals surface area contributed by atoms with Crippen molar-refractivity contribution in [3.63, 3.8) is 0 Å². The molecule has 3 heterocycles. The molecule has 1 amide bonds. The fourth-order valence-corrected chi connectivity index (χ4v) is 6.69. The third-order valence-corrected chi connectivity index (χ3v) is 9.79. The number of nitrogens with zero attached hydrogens (tertiary/aromatic N) is 5. The van der Waals surface area contributed by atoms with E-state index in [0.29, 0.717) is 19.6 Å². The minimum Gasteiger partial charge on any atom is -0.465 e. The van der Waals surface area contributed by atoms with Crippen molar-refractivity contribution in [1.82, 2.24) is 25.1 Å². The summed E-state index contributed by atoms with van der Waals surface area (Å²) in [5.74, 6) is 0.0582. The number of hydrogen-bond donors (Lipinski definition) is 1. The Bertz CT molecular complexity index is 758. The van der Waals surface area contributed by atoms with Gasteiger partial charge in [0.2, 0.25) is 11.1 Å². The molecule has 1 aromatic heterocycles. The summed E-state index contributed by atoms with van der Waals surface area (Å²) >= 11 is 3.03. The van der Waals surface area contributed by atoms with Gasteiger partial charge >= 0.3 is 5.97 Å². The molecule has 0 saturated carbocycles. The molecule has 12 heteroatoms. The fourth-order valence-electron chi connectivity index (χ4n) is 3.42. The molecule has 1 N–H and O–H groups in total. The van der Waals surface area contributed by atoms with Crippen LogP contribution in [0.4, 0.5) is 0 Å². The van der Waals surface area contributed by atoms with E-state index in [2.05, 4.69) is 35.2 Å². The molecular formula is C17H29N5O4S2Si. The largest absolute Gasteiger partial charge is 0.465 e. The molecule has 0 spiro atoms. The monoisotopic (exact) mass is 459 g/mol. The number of aromatic nitrogens is 4. The van der Waals surface area contributed by atoms with Crippen LogP contribution in [0.2, 0.25) is 25.7 Å². The van der Waals surface area contributed by atoms with Crippen molar-refractivity contribution >= 4 is 43.5 Å². The predicted octanol–water partition coefficient (Wildman–Crippen LogP) is 1.23. The number of β-lactam (4-membered cyclic amide) rings is 1. The van der Waals surface area contributed by atoms with Gasteiger partial charge in [0.05, 0.1) is 24.5 Å². The first kappa shape index (κ1) is 22.6. The molecule has 2 saturated heterocycles. The van der Waals surface area contributed by atoms with E-state index in [1.807, 2.05) is 0 Å². The SMILES string of the molecule is Cn1nnnc1SCCCC1(C(=O)OCC[Si](C)(C)C)CN2C(=O)[C@H](CO)[C@H]2S1. The molecule has 3 atom stereocenters. The van der Waals surface area contributed by atoms with Crippen molar-refractivity contribution in [3.05, 3.63) is 0 Å². The zero-order chi connectivity index (χ0) is 21.2. The van der Waals surface area contributed by atoms with E-state index in [0.717, 1.165) is 23.4 Å². The van der Waals surface area contributed by atoms with E-state index in [1.165, 1.54) is 11.8 Å². The van der Waals surface area contributed by atoms with Gasteiger partial charge in [-0.2, -0.15) is 0 Å². The highest BCUT2D eigenvalue weighted by molar-refractivity contribution is 8.02. The number of fused-ring (bicyclic) bond motifs is 1. The topological polar surface area (TPSA) is 110 Å². The van der Waals surface area contributed by atoms with E-state index in [1.54, 1.807) is 28.4 Å². The van der Waals surface area contributed by atoms with Crippen LogP contribution in [0.3, 0.4) is 0 Å². The van der Waals surface area contributed by atoms with Crippen molar-refractivity contribution in [2.75, 3.05) is 25.5 Å². The van der Waals surface area contributed by atoms with E-state index >= 15 is 0 Å². The zero-order valence-corrected chi connectivity index (χ0v) is 20.0. The first-order valence-electron chi connectivity index (χ1n) is 9.78. The molecule has 0 aliphatic carbocycles. The van der Waals surface area contributed by atoms with Crippen molar-refractivity contribution in [2.24, 2.45) is 13.0 Å². The Kier molecular flexibility index (Phi) is 6.96. The second kappa shape index (κ2) is 8.94. The molecule has 29 heavy (non-hydrogen) atoms. The van der Waals surface area contributed by atoms with Gasteiger partial charge in [-0.25, -0.2) is 4.68 Å². The van der Waals surface area contributed by atoms with Crippen LogP contribution in [0.25, 0.3) is 0 Å². The highest BCUT2D eigenvalue weighted by Crippen LogP contribution is 2.52. The average Bonchev–Trinajstić information content (AvgIpc) is 3.21. The second-order valence-corrected chi connectivity index (χ2v) is 16.9. The zero-order valence-electron chi connectivity index (χ0n) is 17.3. The van der Waals surface area contributed by atoms with Gasteiger partial charge in [0.15, 0.2) is 0 Å². The molecule has 0 aromatic carbocycles. The number of carbonyl (C=O) groups excluding carboxylic acids is 2. The van der Waals surface area contributed by atoms with Crippen LogP contribution in [-0.4, -0.2) is 85.8 Å². The predicted molar refractivity (Wildman–Crippen MR) is 114 cm³/mol. The lowest BCUT2D eigenvalue weighted by atomic mass is 9.95. The Balaban J connectivity index is 1.61. The quantitative estimate of drug-likeness (QED) is 0.181. The van der Waals surface area contributed by atoms with Gasteiger partial charge in [-0.3, -0.25) is 9.59 Å². The summed E-state index contributed by atoms with van der Waals surface area (Å²) in [4.78, 5) is 27.0. The van der Waals surface area contributed by atoms with Crippen LogP contribution in [0.5, 0.6) is 0 Å². The number of rotatable bonds is 10. The van der Waals surface area contributed by atoms with Gasteiger partial charge in [0.25, 0.3) is 0 Å². The highest BCUT2D eigenvalue weighted by atomic mass is 32.2. The lowest BCUT2D eigenvalue weighted by molar-refractivity contribution is -0.154. The van der Waals surface area contributed by atoms with Crippen LogP contribution in [-0.2, 0) is 21.4 Å². The van der Waals surface area contributed by atoms with Gasteiger partial charge in [-0.15, -0.1) is 16.9 Å². The van der Waals surface area contributed by atoms with E-state index < -0.39 is 18.7 Å². The number of aliphatic hydroxyl groups is 1. The molecule has 0 radical (unpaired) electrons. The first-order valence-corrected chi connectivity index (χ1v) is 15.4. The van der Waals surface area contributed by atoms with Crippen molar-refractivity contribution in [3.8, 4) is 0 Å². The Hall–Kier alpha value is -1.11. The Morgan fingerprint density at radius 1 is 1.45 bits per heavy atom. The summed E-state index contributed by atoms with van der Waals surface area (Å²) in [6.07, 6.45) is 1.38. The molecule has 1 unspecified atom stereocenters. The lowest BCUT2D eigenvalue weighted by Gasteiger charge is -2.40. The number of thioether (sulfide) groups is 2. The summed E-state index contributed by atoms with van der Waals surface area (Å²) < 4.78 is 6.54. The summed E-state index contributed by atoms with van der Waals surface area (Å²) in [5, 5.41) is 21.5. The van der Waals surface area contributed by atoms with Gasteiger partial charge in [-0.05, 0) is 29.3 Å². The number of aryl methyl sites for hydroxylation is 1. The number of tetrazole rings is 1. The molecule has 162 valence electrons. The van der Waals surface area contributed by atoms with Crippen LogP contribution >= 0.6 is 23.5 Å². The number of ether oxygens (including phenoxy) is 1. The summed E-state index contributed by atoms with van der Waals surface area (Å²) in [7, 11) is 0.486. The van der Waals surface area contributed by atoms with Crippen LogP contribution in [0.1, 0.15) is 12.8 Å². The summed E-state index contributed by atoms with van der Waals surface area (Å²) in [5.41, 5.74) is 0. The Morgan fingerprint density at radius 3 is 2.83 bits per heavy atom. The summed E-state index contributed by atoms with van der Waals surface area (Å²) in [6.45, 7) is 7.35. The molecule has 0 bridgehead atoms. The normalized spacial score (nSPS) is 26.4. The second-order valence-electron chi connectivity index (χ2n) is 8.74. The molecule has 2 fully saturated rings. The Labute approximate surface area is 180 Å². The van der Waals surface area contributed by atoms with E-state index in [-0.39, 0.29) is 23.9 Å². The van der Waals surface area contributed by atoms with Crippen LogP contribution in [0.15, 0.2) is 5.16 Å². The van der Waals surface area contributed by atoms with E-state index in [4.69, 9.17) is 4.74 Å². The molecule has 2 aliphatic heterocycles. The van der Waals surface area contributed by atoms with Gasteiger partial charge in [0, 0.05) is 27.4 Å². The maximum Gasteiger partial charge on any atom is 0.324 e. The molecule has 2 aliphatic rings. The van der Waals surface area contributed by atoms with Crippen molar-refractivity contribution < 1.29 is 19.4 Å². The number of amides is 1. The maximum atomic E-state index is 13.1. The molecule has 1 aromatic rings. The van der Waals surface area contributed by atoms with Crippen molar-refractivity contribution in [2.45, 2.75) is 53.8 Å². The maximum absolute atomic E-state index is 13.1. The average molecular weight is 460 g/mol. The fraction of sp³-hybridized carbons (Fsp3) is 0.824. The minimum atomic E-state index is -1.30. The van der Waals surface area contributed by atoms with Gasteiger partial charge < -0.3 is 14.7 Å². The van der Waals surface area contributed by atoms with Crippen molar-refractivity contribution in [1.29, 1.82) is 0 Å². The Morgan fingerprint density at radius 2 is 2.21 bits per heavy atom. The summed E-state index contributed by atoms with van der Waals surface area (Å²) in [6, 6.07) is 0.917. The van der Waals surface area contributed by atoms with Gasteiger partial charge in [-0.1, -0.05) is 31.4 Å². The third kappa shape index (κ3) is 4.97. The van der Waals surface area contributed by atoms with Gasteiger partial charge in [0.1, 0.15) is 4.75 Å². The highest BCUT2D eigenvalue weighted by Gasteiger charge is 2.61. The smallest absolute Gasteiger partial charge is 0.324 e. The minimum absolute atomic E-state index is 0.0682. The lowest BCUT2D eigenvalue weighted by Crippen LogP contribution is -2.58. The van der Waals surface area contributed by atoms with Crippen LogP contribution < -0.4 is 0 Å².